The van der Waals surface area contributed by atoms with Gasteiger partial charge in [-0.15, -0.1) is 0 Å². The van der Waals surface area contributed by atoms with Crippen LogP contribution in [-0.2, 0) is 10.1 Å². The summed E-state index contributed by atoms with van der Waals surface area (Å²) in [6.07, 6.45) is 0.888. The Morgan fingerprint density at radius 2 is 1.61 bits per heavy atom. The van der Waals surface area contributed by atoms with Crippen LogP contribution in [0, 0.1) is 0 Å². The zero-order chi connectivity index (χ0) is 20.3. The molecule has 2 amide bonds. The maximum absolute atomic E-state index is 12.6. The van der Waals surface area contributed by atoms with E-state index in [0.717, 1.165) is 6.42 Å². The standard InChI is InChI=1S/C20H24N2O5S/c1-4-15(2)21-13-14-22(20(21)23)16-5-11-19(12-6-16)28(24,25)27-18-9-7-17(26-3)8-10-18/h5-12,15H,4,13-14H2,1-3H3. The first kappa shape index (κ1) is 20.0. The van der Waals surface area contributed by atoms with Crippen molar-refractivity contribution in [3.63, 3.8) is 0 Å². The molecule has 0 radical (unpaired) electrons. The molecule has 3 rings (SSSR count). The van der Waals surface area contributed by atoms with Crippen molar-refractivity contribution in [1.82, 2.24) is 4.90 Å². The first-order valence-electron chi connectivity index (χ1n) is 9.12. The minimum absolute atomic E-state index is 0.0255. The van der Waals surface area contributed by atoms with Gasteiger partial charge < -0.3 is 13.8 Å². The number of carbonyl (C=O) groups is 1. The monoisotopic (exact) mass is 404 g/mol. The molecule has 1 aliphatic rings. The van der Waals surface area contributed by atoms with E-state index in [1.54, 1.807) is 29.2 Å². The third-order valence-corrected chi connectivity index (χ3v) is 6.13. The molecule has 0 aliphatic carbocycles. The molecule has 2 aromatic carbocycles. The zero-order valence-corrected chi connectivity index (χ0v) is 17.0. The summed E-state index contributed by atoms with van der Waals surface area (Å²) in [5.41, 5.74) is 0.666. The third-order valence-electron chi connectivity index (χ3n) is 4.87. The first-order chi connectivity index (χ1) is 13.4. The molecule has 0 N–H and O–H groups in total. The molecular formula is C20H24N2O5S. The van der Waals surface area contributed by atoms with Crippen LogP contribution >= 0.6 is 0 Å². The van der Waals surface area contributed by atoms with E-state index in [1.807, 2.05) is 18.7 Å². The molecule has 1 heterocycles. The van der Waals surface area contributed by atoms with Crippen molar-refractivity contribution < 1.29 is 22.1 Å². The highest BCUT2D eigenvalue weighted by atomic mass is 32.2. The third kappa shape index (κ3) is 4.06. The lowest BCUT2D eigenvalue weighted by atomic mass is 10.2. The van der Waals surface area contributed by atoms with Gasteiger partial charge in [0, 0.05) is 24.8 Å². The quantitative estimate of drug-likeness (QED) is 0.660. The Bertz CT molecular complexity index is 926. The van der Waals surface area contributed by atoms with E-state index in [-0.39, 0.29) is 22.7 Å². The molecule has 0 bridgehead atoms. The van der Waals surface area contributed by atoms with E-state index in [1.165, 1.54) is 31.4 Å². The number of carbonyl (C=O) groups excluding carboxylic acids is 1. The van der Waals surface area contributed by atoms with Gasteiger partial charge in [-0.2, -0.15) is 8.42 Å². The number of amides is 2. The van der Waals surface area contributed by atoms with Crippen LogP contribution < -0.4 is 13.8 Å². The molecule has 1 atom stereocenters. The van der Waals surface area contributed by atoms with Crippen molar-refractivity contribution in [1.29, 1.82) is 0 Å². The van der Waals surface area contributed by atoms with Gasteiger partial charge in [0.1, 0.15) is 16.4 Å². The van der Waals surface area contributed by atoms with Gasteiger partial charge in [0.15, 0.2) is 0 Å². The van der Waals surface area contributed by atoms with Gasteiger partial charge >= 0.3 is 16.1 Å². The van der Waals surface area contributed by atoms with E-state index in [9.17, 15) is 13.2 Å². The summed E-state index contributed by atoms with van der Waals surface area (Å²) >= 11 is 0. The number of hydrogen-bond acceptors (Lipinski definition) is 5. The lowest BCUT2D eigenvalue weighted by Crippen LogP contribution is -2.37. The number of anilines is 1. The first-order valence-corrected chi connectivity index (χ1v) is 10.5. The average molecular weight is 404 g/mol. The van der Waals surface area contributed by atoms with Gasteiger partial charge in [-0.05, 0) is 61.9 Å². The van der Waals surface area contributed by atoms with Crippen LogP contribution in [0.4, 0.5) is 10.5 Å². The predicted molar refractivity (Wildman–Crippen MR) is 106 cm³/mol. The number of benzene rings is 2. The molecule has 1 aliphatic heterocycles. The number of methoxy groups -OCH3 is 1. The van der Waals surface area contributed by atoms with Gasteiger partial charge in [0.2, 0.25) is 0 Å². The van der Waals surface area contributed by atoms with Crippen molar-refractivity contribution in [3.05, 3.63) is 48.5 Å². The van der Waals surface area contributed by atoms with Crippen molar-refractivity contribution in [2.45, 2.75) is 31.2 Å². The molecule has 150 valence electrons. The number of rotatable bonds is 7. The lowest BCUT2D eigenvalue weighted by molar-refractivity contribution is 0.203. The Morgan fingerprint density at radius 1 is 1.00 bits per heavy atom. The fraction of sp³-hybridized carbons (Fsp3) is 0.350. The molecular weight excluding hydrogens is 380 g/mol. The summed E-state index contributed by atoms with van der Waals surface area (Å²) < 4.78 is 35.2. The maximum atomic E-state index is 12.6. The maximum Gasteiger partial charge on any atom is 0.339 e. The van der Waals surface area contributed by atoms with E-state index in [4.69, 9.17) is 8.92 Å². The van der Waals surface area contributed by atoms with Gasteiger partial charge in [0.25, 0.3) is 0 Å². The fourth-order valence-corrected chi connectivity index (χ4v) is 3.95. The molecule has 1 saturated heterocycles. The fourth-order valence-electron chi connectivity index (χ4n) is 3.02. The minimum Gasteiger partial charge on any atom is -0.497 e. The Labute approximate surface area is 165 Å². The summed E-state index contributed by atoms with van der Waals surface area (Å²) in [5, 5.41) is 0. The second kappa shape index (κ2) is 8.10. The van der Waals surface area contributed by atoms with Crippen molar-refractivity contribution in [3.8, 4) is 11.5 Å². The smallest absolute Gasteiger partial charge is 0.339 e. The van der Waals surface area contributed by atoms with E-state index < -0.39 is 10.1 Å². The zero-order valence-electron chi connectivity index (χ0n) is 16.2. The highest BCUT2D eigenvalue weighted by molar-refractivity contribution is 7.87. The average Bonchev–Trinajstić information content (AvgIpc) is 3.09. The second-order valence-electron chi connectivity index (χ2n) is 6.59. The highest BCUT2D eigenvalue weighted by Gasteiger charge is 2.32. The van der Waals surface area contributed by atoms with Crippen LogP contribution in [0.15, 0.2) is 53.4 Å². The van der Waals surface area contributed by atoms with E-state index in [0.29, 0.717) is 24.5 Å². The number of nitrogens with zero attached hydrogens (tertiary/aromatic N) is 2. The van der Waals surface area contributed by atoms with Gasteiger partial charge in [-0.3, -0.25) is 4.90 Å². The molecule has 2 aromatic rings. The summed E-state index contributed by atoms with van der Waals surface area (Å²) in [6.45, 7) is 5.31. The van der Waals surface area contributed by atoms with Crippen molar-refractivity contribution in [2.24, 2.45) is 0 Å². The Morgan fingerprint density at radius 3 is 2.18 bits per heavy atom. The molecule has 7 nitrogen and oxygen atoms in total. The molecule has 0 spiro atoms. The SMILES string of the molecule is CCC(C)N1CCN(c2ccc(S(=O)(=O)Oc3ccc(OC)cc3)cc2)C1=O. The molecule has 28 heavy (non-hydrogen) atoms. The van der Waals surface area contributed by atoms with Crippen LogP contribution in [0.3, 0.4) is 0 Å². The molecule has 0 aromatic heterocycles. The Kier molecular flexibility index (Phi) is 5.79. The van der Waals surface area contributed by atoms with E-state index in [2.05, 4.69) is 0 Å². The number of urea groups is 1. The summed E-state index contributed by atoms with van der Waals surface area (Å²) in [6, 6.07) is 12.6. The number of hydrogen-bond donors (Lipinski definition) is 0. The van der Waals surface area contributed by atoms with E-state index >= 15 is 0 Å². The molecule has 8 heteroatoms. The van der Waals surface area contributed by atoms with Crippen LogP contribution in [-0.4, -0.2) is 45.6 Å². The summed E-state index contributed by atoms with van der Waals surface area (Å²) in [5.74, 6) is 0.805. The predicted octanol–water partition coefficient (Wildman–Crippen LogP) is 3.50. The summed E-state index contributed by atoms with van der Waals surface area (Å²) in [4.78, 5) is 16.1. The van der Waals surface area contributed by atoms with Crippen molar-refractivity contribution >= 4 is 21.8 Å². The molecule has 1 fully saturated rings. The van der Waals surface area contributed by atoms with Crippen molar-refractivity contribution in [2.75, 3.05) is 25.1 Å². The topological polar surface area (TPSA) is 76.2 Å². The van der Waals surface area contributed by atoms with Gasteiger partial charge in [0.05, 0.1) is 7.11 Å². The van der Waals surface area contributed by atoms with Crippen LogP contribution in [0.25, 0.3) is 0 Å². The van der Waals surface area contributed by atoms with Gasteiger partial charge in [-0.25, -0.2) is 4.79 Å². The minimum atomic E-state index is -3.97. The van der Waals surface area contributed by atoms with Crippen LogP contribution in [0.5, 0.6) is 11.5 Å². The largest absolute Gasteiger partial charge is 0.497 e. The Balaban J connectivity index is 1.73. The van der Waals surface area contributed by atoms with Gasteiger partial charge in [-0.1, -0.05) is 6.92 Å². The lowest BCUT2D eigenvalue weighted by Gasteiger charge is -2.23. The normalized spacial score (nSPS) is 15.6. The molecule has 1 unspecified atom stereocenters. The number of ether oxygens (including phenoxy) is 1. The Hall–Kier alpha value is -2.74. The van der Waals surface area contributed by atoms with Crippen LogP contribution in [0.1, 0.15) is 20.3 Å². The second-order valence-corrected chi connectivity index (χ2v) is 8.14. The van der Waals surface area contributed by atoms with Crippen LogP contribution in [0.2, 0.25) is 0 Å². The summed E-state index contributed by atoms with van der Waals surface area (Å²) in [7, 11) is -2.44. The highest BCUT2D eigenvalue weighted by Crippen LogP contribution is 2.26. The molecule has 0 saturated carbocycles.